The van der Waals surface area contributed by atoms with Crippen molar-refractivity contribution >= 4 is 11.6 Å². The van der Waals surface area contributed by atoms with Crippen molar-refractivity contribution in [2.24, 2.45) is 0 Å². The zero-order chi connectivity index (χ0) is 19.8. The van der Waals surface area contributed by atoms with Crippen LogP contribution in [0.15, 0.2) is 66.7 Å². The zero-order valence-corrected chi connectivity index (χ0v) is 16.6. The maximum Gasteiger partial charge on any atom is 0.239 e. The number of hydrogen-bond donors (Lipinski definition) is 1. The molecule has 1 amide bonds. The van der Waals surface area contributed by atoms with Crippen LogP contribution < -0.4 is 10.2 Å². The fourth-order valence-corrected chi connectivity index (χ4v) is 3.27. The van der Waals surface area contributed by atoms with Gasteiger partial charge < -0.3 is 10.2 Å². The molecule has 1 heterocycles. The standard InChI is InChI=1S/C23H28N4O/c1-19-16-20(2)27(25-19)15-9-14-24-23(28)18-26(22-12-7-4-8-13-22)17-21-10-5-3-6-11-21/h3-8,10-13,16H,9,14-15,17-18H2,1-2H3,(H,24,28). The van der Waals surface area contributed by atoms with Crippen LogP contribution in [0.1, 0.15) is 23.4 Å². The van der Waals surface area contributed by atoms with Gasteiger partial charge in [0.15, 0.2) is 0 Å². The number of carbonyl (C=O) groups excluding carboxylic acids is 1. The third kappa shape index (κ3) is 5.71. The highest BCUT2D eigenvalue weighted by molar-refractivity contribution is 5.81. The summed E-state index contributed by atoms with van der Waals surface area (Å²) in [4.78, 5) is 14.6. The number of nitrogens with one attached hydrogen (secondary N) is 1. The summed E-state index contributed by atoms with van der Waals surface area (Å²) in [5.41, 5.74) is 4.41. The van der Waals surface area contributed by atoms with Gasteiger partial charge in [0, 0.05) is 31.0 Å². The summed E-state index contributed by atoms with van der Waals surface area (Å²) in [6, 6.07) is 22.4. The molecule has 0 fully saturated rings. The lowest BCUT2D eigenvalue weighted by atomic mass is 10.2. The van der Waals surface area contributed by atoms with E-state index in [1.54, 1.807) is 0 Å². The van der Waals surface area contributed by atoms with E-state index in [9.17, 15) is 4.79 Å². The van der Waals surface area contributed by atoms with Crippen molar-refractivity contribution in [3.05, 3.63) is 83.7 Å². The maximum atomic E-state index is 12.5. The van der Waals surface area contributed by atoms with Crippen LogP contribution in [0.3, 0.4) is 0 Å². The number of aromatic nitrogens is 2. The third-order valence-electron chi connectivity index (χ3n) is 4.64. The van der Waals surface area contributed by atoms with Crippen LogP contribution in [0, 0.1) is 13.8 Å². The van der Waals surface area contributed by atoms with E-state index in [0.717, 1.165) is 30.0 Å². The molecule has 0 bridgehead atoms. The zero-order valence-electron chi connectivity index (χ0n) is 16.6. The Balaban J connectivity index is 1.53. The van der Waals surface area contributed by atoms with Gasteiger partial charge in [0.05, 0.1) is 12.2 Å². The molecule has 0 aliphatic rings. The lowest BCUT2D eigenvalue weighted by Gasteiger charge is -2.24. The summed E-state index contributed by atoms with van der Waals surface area (Å²) in [7, 11) is 0. The van der Waals surface area contributed by atoms with Crippen molar-refractivity contribution in [3.8, 4) is 0 Å². The Morgan fingerprint density at radius 1 is 1.04 bits per heavy atom. The molecule has 28 heavy (non-hydrogen) atoms. The Labute approximate surface area is 167 Å². The largest absolute Gasteiger partial charge is 0.358 e. The molecule has 5 nitrogen and oxygen atoms in total. The molecule has 0 saturated heterocycles. The summed E-state index contributed by atoms with van der Waals surface area (Å²) in [5.74, 6) is 0.0353. The second-order valence-electron chi connectivity index (χ2n) is 7.03. The lowest BCUT2D eigenvalue weighted by Crippen LogP contribution is -2.37. The summed E-state index contributed by atoms with van der Waals surface area (Å²) >= 11 is 0. The fraction of sp³-hybridized carbons (Fsp3) is 0.304. The van der Waals surface area contributed by atoms with Crippen LogP contribution in [0.2, 0.25) is 0 Å². The van der Waals surface area contributed by atoms with Gasteiger partial charge in [0.2, 0.25) is 5.91 Å². The number of para-hydroxylation sites is 1. The van der Waals surface area contributed by atoms with Gasteiger partial charge >= 0.3 is 0 Å². The number of anilines is 1. The Hall–Kier alpha value is -3.08. The smallest absolute Gasteiger partial charge is 0.239 e. The van der Waals surface area contributed by atoms with Gasteiger partial charge in [-0.3, -0.25) is 9.48 Å². The minimum Gasteiger partial charge on any atom is -0.358 e. The van der Waals surface area contributed by atoms with Crippen molar-refractivity contribution < 1.29 is 4.79 Å². The maximum absolute atomic E-state index is 12.5. The predicted octanol–water partition coefficient (Wildman–Crippen LogP) is 3.71. The Morgan fingerprint density at radius 3 is 2.36 bits per heavy atom. The molecule has 0 unspecified atom stereocenters. The fourth-order valence-electron chi connectivity index (χ4n) is 3.27. The topological polar surface area (TPSA) is 50.2 Å². The second-order valence-corrected chi connectivity index (χ2v) is 7.03. The number of nitrogens with zero attached hydrogens (tertiary/aromatic N) is 3. The van der Waals surface area contributed by atoms with Crippen molar-refractivity contribution in [1.82, 2.24) is 15.1 Å². The van der Waals surface area contributed by atoms with Gasteiger partial charge in [-0.15, -0.1) is 0 Å². The summed E-state index contributed by atoms with van der Waals surface area (Å²) in [6.45, 7) is 6.54. The van der Waals surface area contributed by atoms with E-state index in [2.05, 4.69) is 40.4 Å². The average Bonchev–Trinajstić information content (AvgIpc) is 3.03. The first-order chi connectivity index (χ1) is 13.6. The summed E-state index contributed by atoms with van der Waals surface area (Å²) in [6.07, 6.45) is 0.859. The van der Waals surface area contributed by atoms with E-state index in [1.165, 1.54) is 5.56 Å². The highest BCUT2D eigenvalue weighted by Crippen LogP contribution is 2.16. The molecule has 0 aliphatic heterocycles. The van der Waals surface area contributed by atoms with E-state index >= 15 is 0 Å². The molecular formula is C23H28N4O. The van der Waals surface area contributed by atoms with E-state index in [-0.39, 0.29) is 5.91 Å². The van der Waals surface area contributed by atoms with E-state index < -0.39 is 0 Å². The SMILES string of the molecule is Cc1cc(C)n(CCCNC(=O)CN(Cc2ccccc2)c2ccccc2)n1. The molecule has 146 valence electrons. The Morgan fingerprint density at radius 2 is 1.71 bits per heavy atom. The van der Waals surface area contributed by atoms with E-state index in [4.69, 9.17) is 0 Å². The molecular weight excluding hydrogens is 348 g/mol. The van der Waals surface area contributed by atoms with Gasteiger partial charge in [0.1, 0.15) is 0 Å². The van der Waals surface area contributed by atoms with Crippen molar-refractivity contribution in [3.63, 3.8) is 0 Å². The van der Waals surface area contributed by atoms with Gasteiger partial charge in [-0.05, 0) is 44.0 Å². The number of benzene rings is 2. The van der Waals surface area contributed by atoms with E-state index in [0.29, 0.717) is 19.6 Å². The minimum absolute atomic E-state index is 0.0353. The molecule has 3 rings (SSSR count). The Bertz CT molecular complexity index is 874. The lowest BCUT2D eigenvalue weighted by molar-refractivity contribution is -0.119. The van der Waals surface area contributed by atoms with Gasteiger partial charge in [0.25, 0.3) is 0 Å². The first-order valence-electron chi connectivity index (χ1n) is 9.73. The average molecular weight is 377 g/mol. The molecule has 2 aromatic carbocycles. The highest BCUT2D eigenvalue weighted by Gasteiger charge is 2.12. The highest BCUT2D eigenvalue weighted by atomic mass is 16.2. The van der Waals surface area contributed by atoms with Crippen LogP contribution in [0.5, 0.6) is 0 Å². The monoisotopic (exact) mass is 376 g/mol. The minimum atomic E-state index is 0.0353. The molecule has 0 aliphatic carbocycles. The first-order valence-corrected chi connectivity index (χ1v) is 9.73. The number of rotatable bonds is 9. The van der Waals surface area contributed by atoms with Crippen molar-refractivity contribution in [1.29, 1.82) is 0 Å². The van der Waals surface area contributed by atoms with Crippen LogP contribution in [-0.2, 0) is 17.9 Å². The second kappa shape index (κ2) is 9.74. The molecule has 0 atom stereocenters. The van der Waals surface area contributed by atoms with Crippen molar-refractivity contribution in [2.75, 3.05) is 18.0 Å². The molecule has 1 N–H and O–H groups in total. The molecule has 1 aromatic heterocycles. The molecule has 0 radical (unpaired) electrons. The van der Waals surface area contributed by atoms with Crippen LogP contribution in [-0.4, -0.2) is 28.8 Å². The third-order valence-corrected chi connectivity index (χ3v) is 4.64. The quantitative estimate of drug-likeness (QED) is 0.579. The molecule has 3 aromatic rings. The number of amides is 1. The van der Waals surface area contributed by atoms with Crippen LogP contribution in [0.25, 0.3) is 0 Å². The number of aryl methyl sites for hydroxylation is 3. The number of hydrogen-bond acceptors (Lipinski definition) is 3. The summed E-state index contributed by atoms with van der Waals surface area (Å²) < 4.78 is 1.99. The van der Waals surface area contributed by atoms with Gasteiger partial charge in [-0.1, -0.05) is 48.5 Å². The summed E-state index contributed by atoms with van der Waals surface area (Å²) in [5, 5.41) is 7.50. The molecule has 5 heteroatoms. The predicted molar refractivity (Wildman–Crippen MR) is 113 cm³/mol. The molecule has 0 saturated carbocycles. The van der Waals surface area contributed by atoms with Gasteiger partial charge in [-0.2, -0.15) is 5.10 Å². The van der Waals surface area contributed by atoms with E-state index in [1.807, 2.05) is 60.1 Å². The van der Waals surface area contributed by atoms with Gasteiger partial charge in [-0.25, -0.2) is 0 Å². The normalized spacial score (nSPS) is 10.6. The molecule has 0 spiro atoms. The van der Waals surface area contributed by atoms with Crippen LogP contribution in [0.4, 0.5) is 5.69 Å². The Kier molecular flexibility index (Phi) is 6.84. The first kappa shape index (κ1) is 19.7. The van der Waals surface area contributed by atoms with Crippen LogP contribution >= 0.6 is 0 Å². The van der Waals surface area contributed by atoms with Crippen molar-refractivity contribution in [2.45, 2.75) is 33.4 Å². The number of carbonyl (C=O) groups is 1.